The van der Waals surface area contributed by atoms with Crippen LogP contribution in [0.4, 0.5) is 0 Å². The molecular weight excluding hydrogens is 248 g/mol. The molecule has 0 saturated heterocycles. The molecule has 74 valence electrons. The largest absolute Gasteiger partial charge is 0.326 e. The van der Waals surface area contributed by atoms with Gasteiger partial charge in [-0.2, -0.15) is 0 Å². The summed E-state index contributed by atoms with van der Waals surface area (Å²) in [5.74, 6) is 0. The SMILES string of the molecule is CN(C)CC(N)Cc1sccc1Br. The lowest BCUT2D eigenvalue weighted by Gasteiger charge is -2.16. The van der Waals surface area contributed by atoms with Crippen LogP contribution in [0.1, 0.15) is 4.88 Å². The second-order valence-corrected chi connectivity index (χ2v) is 5.27. The van der Waals surface area contributed by atoms with Crippen LogP contribution in [0.5, 0.6) is 0 Å². The van der Waals surface area contributed by atoms with E-state index in [1.54, 1.807) is 11.3 Å². The van der Waals surface area contributed by atoms with Crippen LogP contribution in [0, 0.1) is 0 Å². The molecule has 1 atom stereocenters. The number of hydrogen-bond donors (Lipinski definition) is 1. The van der Waals surface area contributed by atoms with E-state index >= 15 is 0 Å². The molecule has 1 aromatic heterocycles. The maximum Gasteiger partial charge on any atom is 0.0314 e. The van der Waals surface area contributed by atoms with E-state index in [1.165, 1.54) is 9.35 Å². The molecule has 0 bridgehead atoms. The lowest BCUT2D eigenvalue weighted by Crippen LogP contribution is -2.34. The van der Waals surface area contributed by atoms with Gasteiger partial charge in [0.2, 0.25) is 0 Å². The van der Waals surface area contributed by atoms with Gasteiger partial charge >= 0.3 is 0 Å². The van der Waals surface area contributed by atoms with Crippen molar-refractivity contribution in [3.8, 4) is 0 Å². The van der Waals surface area contributed by atoms with Crippen LogP contribution in [-0.2, 0) is 6.42 Å². The zero-order valence-corrected chi connectivity index (χ0v) is 10.4. The average Bonchev–Trinajstić information content (AvgIpc) is 2.34. The van der Waals surface area contributed by atoms with Crippen molar-refractivity contribution in [3.05, 3.63) is 20.8 Å². The highest BCUT2D eigenvalue weighted by Crippen LogP contribution is 2.23. The van der Waals surface area contributed by atoms with E-state index in [4.69, 9.17) is 5.73 Å². The summed E-state index contributed by atoms with van der Waals surface area (Å²) in [5.41, 5.74) is 5.98. The van der Waals surface area contributed by atoms with Gasteiger partial charge in [0.1, 0.15) is 0 Å². The summed E-state index contributed by atoms with van der Waals surface area (Å²) in [4.78, 5) is 3.46. The highest BCUT2D eigenvalue weighted by Gasteiger charge is 2.08. The Morgan fingerprint density at radius 2 is 2.31 bits per heavy atom. The van der Waals surface area contributed by atoms with Crippen LogP contribution in [0.2, 0.25) is 0 Å². The molecule has 2 nitrogen and oxygen atoms in total. The highest BCUT2D eigenvalue weighted by atomic mass is 79.9. The Morgan fingerprint density at radius 1 is 1.62 bits per heavy atom. The van der Waals surface area contributed by atoms with Gasteiger partial charge < -0.3 is 10.6 Å². The first-order valence-electron chi connectivity index (χ1n) is 4.21. The van der Waals surface area contributed by atoms with Gasteiger partial charge in [-0.25, -0.2) is 0 Å². The third-order valence-electron chi connectivity index (χ3n) is 1.74. The number of rotatable bonds is 4. The zero-order valence-electron chi connectivity index (χ0n) is 7.96. The van der Waals surface area contributed by atoms with E-state index in [0.29, 0.717) is 0 Å². The van der Waals surface area contributed by atoms with Crippen molar-refractivity contribution in [1.82, 2.24) is 4.90 Å². The minimum Gasteiger partial charge on any atom is -0.326 e. The second kappa shape index (κ2) is 5.10. The third kappa shape index (κ3) is 3.77. The molecule has 2 N–H and O–H groups in total. The van der Waals surface area contributed by atoms with Crippen LogP contribution in [-0.4, -0.2) is 31.6 Å². The molecule has 0 saturated carbocycles. The predicted octanol–water partition coefficient (Wildman–Crippen LogP) is 1.94. The Kier molecular flexibility index (Phi) is 4.38. The molecule has 0 aliphatic heterocycles. The van der Waals surface area contributed by atoms with Gasteiger partial charge in [0, 0.05) is 21.9 Å². The van der Waals surface area contributed by atoms with Crippen LogP contribution >= 0.6 is 27.3 Å². The van der Waals surface area contributed by atoms with Gasteiger partial charge in [-0.05, 0) is 47.9 Å². The Bertz CT molecular complexity index is 260. The van der Waals surface area contributed by atoms with E-state index in [0.717, 1.165) is 13.0 Å². The molecule has 1 rings (SSSR count). The maximum atomic E-state index is 5.98. The minimum atomic E-state index is 0.227. The van der Waals surface area contributed by atoms with Crippen LogP contribution in [0.25, 0.3) is 0 Å². The summed E-state index contributed by atoms with van der Waals surface area (Å²) in [6.45, 7) is 0.935. The number of halogens is 1. The van der Waals surface area contributed by atoms with E-state index in [2.05, 4.69) is 32.3 Å². The van der Waals surface area contributed by atoms with Gasteiger partial charge in [-0.3, -0.25) is 0 Å². The number of hydrogen-bond acceptors (Lipinski definition) is 3. The van der Waals surface area contributed by atoms with E-state index < -0.39 is 0 Å². The Labute approximate surface area is 91.9 Å². The van der Waals surface area contributed by atoms with Crippen molar-refractivity contribution in [1.29, 1.82) is 0 Å². The molecule has 1 unspecified atom stereocenters. The minimum absolute atomic E-state index is 0.227. The summed E-state index contributed by atoms with van der Waals surface area (Å²) < 4.78 is 1.19. The smallest absolute Gasteiger partial charge is 0.0314 e. The van der Waals surface area contributed by atoms with E-state index in [1.807, 2.05) is 14.1 Å². The van der Waals surface area contributed by atoms with E-state index in [9.17, 15) is 0 Å². The molecule has 0 fully saturated rings. The standard InChI is InChI=1S/C9H15BrN2S/c1-12(2)6-7(11)5-9-8(10)3-4-13-9/h3-4,7H,5-6,11H2,1-2H3. The third-order valence-corrected chi connectivity index (χ3v) is 3.69. The van der Waals surface area contributed by atoms with Gasteiger partial charge in [0.05, 0.1) is 0 Å². The van der Waals surface area contributed by atoms with Gasteiger partial charge in [-0.15, -0.1) is 11.3 Å². The molecule has 0 radical (unpaired) electrons. The fourth-order valence-electron chi connectivity index (χ4n) is 1.24. The first kappa shape index (κ1) is 11.2. The van der Waals surface area contributed by atoms with Crippen molar-refractivity contribution >= 4 is 27.3 Å². The molecule has 0 aromatic carbocycles. The fraction of sp³-hybridized carbons (Fsp3) is 0.556. The molecule has 0 amide bonds. The highest BCUT2D eigenvalue weighted by molar-refractivity contribution is 9.10. The van der Waals surface area contributed by atoms with Gasteiger partial charge in [0.15, 0.2) is 0 Å². The molecule has 0 aliphatic rings. The number of nitrogens with zero attached hydrogens (tertiary/aromatic N) is 1. The molecule has 4 heteroatoms. The van der Waals surface area contributed by atoms with Crippen molar-refractivity contribution in [2.75, 3.05) is 20.6 Å². The predicted molar refractivity (Wildman–Crippen MR) is 62.3 cm³/mol. The Balaban J connectivity index is 2.45. The van der Waals surface area contributed by atoms with Crippen molar-refractivity contribution in [2.24, 2.45) is 5.73 Å². The molecule has 13 heavy (non-hydrogen) atoms. The summed E-state index contributed by atoms with van der Waals surface area (Å²) in [6, 6.07) is 2.30. The van der Waals surface area contributed by atoms with Gasteiger partial charge in [-0.1, -0.05) is 0 Å². The number of likely N-dealkylation sites (N-methyl/N-ethyl adjacent to an activating group) is 1. The first-order valence-corrected chi connectivity index (χ1v) is 5.89. The summed E-state index contributed by atoms with van der Waals surface area (Å²) in [6.07, 6.45) is 0.955. The van der Waals surface area contributed by atoms with Crippen LogP contribution in [0.15, 0.2) is 15.9 Å². The maximum absolute atomic E-state index is 5.98. The second-order valence-electron chi connectivity index (χ2n) is 3.42. The topological polar surface area (TPSA) is 29.3 Å². The lowest BCUT2D eigenvalue weighted by molar-refractivity contribution is 0.372. The zero-order chi connectivity index (χ0) is 9.84. The van der Waals surface area contributed by atoms with Crippen LogP contribution in [0.3, 0.4) is 0 Å². The summed E-state index contributed by atoms with van der Waals surface area (Å²) in [5, 5.41) is 2.09. The lowest BCUT2D eigenvalue weighted by atomic mass is 10.2. The fourth-order valence-corrected chi connectivity index (χ4v) is 2.85. The Morgan fingerprint density at radius 3 is 2.77 bits per heavy atom. The average molecular weight is 263 g/mol. The Hall–Kier alpha value is 0.100. The van der Waals surface area contributed by atoms with Gasteiger partial charge in [0.25, 0.3) is 0 Å². The molecule has 1 aromatic rings. The van der Waals surface area contributed by atoms with Crippen LogP contribution < -0.4 is 5.73 Å². The van der Waals surface area contributed by atoms with Crippen molar-refractivity contribution in [2.45, 2.75) is 12.5 Å². The molecular formula is C9H15BrN2S. The first-order chi connectivity index (χ1) is 6.09. The summed E-state index contributed by atoms with van der Waals surface area (Å²) >= 11 is 5.26. The monoisotopic (exact) mass is 262 g/mol. The quantitative estimate of drug-likeness (QED) is 0.899. The number of thiophene rings is 1. The molecule has 0 aliphatic carbocycles. The van der Waals surface area contributed by atoms with Crippen molar-refractivity contribution in [3.63, 3.8) is 0 Å². The van der Waals surface area contributed by atoms with E-state index in [-0.39, 0.29) is 6.04 Å². The normalized spacial score (nSPS) is 13.6. The number of nitrogens with two attached hydrogens (primary N) is 1. The van der Waals surface area contributed by atoms with Crippen molar-refractivity contribution < 1.29 is 0 Å². The molecule has 0 spiro atoms. The summed E-state index contributed by atoms with van der Waals surface area (Å²) in [7, 11) is 4.09. The molecule has 1 heterocycles.